The van der Waals surface area contributed by atoms with E-state index in [9.17, 15) is 4.79 Å². The standard InChI is InChI=1S/C22H19N3O3/c1-27-20-12-11-15(22-24-17-9-5-6-10-18(17)25-22)13-19(20)23-21(26)14-28-16-7-3-2-4-8-16/h2-13H,14H2,1H3,(H,23,26)(H,24,25). The average Bonchev–Trinajstić information content (AvgIpc) is 3.17. The van der Waals surface area contributed by atoms with Crippen molar-refractivity contribution >= 4 is 22.6 Å². The Kier molecular flexibility index (Phi) is 4.93. The fraction of sp³-hybridized carbons (Fsp3) is 0.0909. The van der Waals surface area contributed by atoms with Gasteiger partial charge in [-0.15, -0.1) is 0 Å². The van der Waals surface area contributed by atoms with Crippen LogP contribution < -0.4 is 14.8 Å². The van der Waals surface area contributed by atoms with Crippen molar-refractivity contribution in [2.75, 3.05) is 19.0 Å². The molecule has 0 unspecified atom stereocenters. The monoisotopic (exact) mass is 373 g/mol. The summed E-state index contributed by atoms with van der Waals surface area (Å²) in [6.07, 6.45) is 0. The zero-order valence-corrected chi connectivity index (χ0v) is 15.3. The molecule has 0 saturated carbocycles. The molecule has 0 radical (unpaired) electrons. The van der Waals surface area contributed by atoms with Crippen LogP contribution in [-0.4, -0.2) is 29.6 Å². The van der Waals surface area contributed by atoms with Crippen LogP contribution in [0.3, 0.4) is 0 Å². The maximum absolute atomic E-state index is 12.3. The van der Waals surface area contributed by atoms with Gasteiger partial charge in [-0.2, -0.15) is 0 Å². The summed E-state index contributed by atoms with van der Waals surface area (Å²) in [5.74, 6) is 1.65. The molecule has 3 aromatic carbocycles. The predicted molar refractivity (Wildman–Crippen MR) is 109 cm³/mol. The number of rotatable bonds is 6. The lowest BCUT2D eigenvalue weighted by molar-refractivity contribution is -0.118. The van der Waals surface area contributed by atoms with Gasteiger partial charge in [0.25, 0.3) is 5.91 Å². The van der Waals surface area contributed by atoms with Crippen LogP contribution in [0.4, 0.5) is 5.69 Å². The number of ether oxygens (including phenoxy) is 2. The Morgan fingerprint density at radius 1 is 1.04 bits per heavy atom. The molecule has 2 N–H and O–H groups in total. The zero-order valence-electron chi connectivity index (χ0n) is 15.3. The zero-order chi connectivity index (χ0) is 19.3. The van der Waals surface area contributed by atoms with Crippen LogP contribution in [0.1, 0.15) is 0 Å². The summed E-state index contributed by atoms with van der Waals surface area (Å²) >= 11 is 0. The molecule has 0 atom stereocenters. The topological polar surface area (TPSA) is 76.2 Å². The number of methoxy groups -OCH3 is 1. The number of aromatic amines is 1. The van der Waals surface area contributed by atoms with Gasteiger partial charge in [0.05, 0.1) is 23.8 Å². The summed E-state index contributed by atoms with van der Waals surface area (Å²) in [7, 11) is 1.56. The fourth-order valence-electron chi connectivity index (χ4n) is 2.89. The summed E-state index contributed by atoms with van der Waals surface area (Å²) in [5.41, 5.74) is 3.24. The highest BCUT2D eigenvalue weighted by Crippen LogP contribution is 2.30. The lowest BCUT2D eigenvalue weighted by Crippen LogP contribution is -2.20. The number of hydrogen-bond acceptors (Lipinski definition) is 4. The van der Waals surface area contributed by atoms with E-state index in [1.807, 2.05) is 54.6 Å². The number of carbonyl (C=O) groups is 1. The van der Waals surface area contributed by atoms with Gasteiger partial charge in [-0.25, -0.2) is 4.98 Å². The number of nitrogens with one attached hydrogen (secondary N) is 2. The Morgan fingerprint density at radius 3 is 2.61 bits per heavy atom. The molecule has 0 aliphatic carbocycles. The van der Waals surface area contributed by atoms with Gasteiger partial charge < -0.3 is 19.8 Å². The number of imidazole rings is 1. The molecule has 0 aliphatic rings. The first-order valence-corrected chi connectivity index (χ1v) is 8.84. The van der Waals surface area contributed by atoms with E-state index in [1.165, 1.54) is 0 Å². The summed E-state index contributed by atoms with van der Waals surface area (Å²) in [4.78, 5) is 20.2. The fourth-order valence-corrected chi connectivity index (χ4v) is 2.89. The van der Waals surface area contributed by atoms with Crippen molar-refractivity contribution in [1.82, 2.24) is 9.97 Å². The Bertz CT molecular complexity index is 1070. The van der Waals surface area contributed by atoms with Crippen LogP contribution in [0, 0.1) is 0 Å². The van der Waals surface area contributed by atoms with E-state index in [1.54, 1.807) is 25.3 Å². The molecule has 1 heterocycles. The lowest BCUT2D eigenvalue weighted by Gasteiger charge is -2.12. The quantitative estimate of drug-likeness (QED) is 0.530. The molecule has 0 bridgehead atoms. The number of benzene rings is 3. The first-order valence-electron chi connectivity index (χ1n) is 8.84. The summed E-state index contributed by atoms with van der Waals surface area (Å²) in [6, 6.07) is 22.5. The Hall–Kier alpha value is -3.80. The molecule has 6 heteroatoms. The molecule has 0 saturated heterocycles. The smallest absolute Gasteiger partial charge is 0.262 e. The number of hydrogen-bond donors (Lipinski definition) is 2. The van der Waals surface area contributed by atoms with Gasteiger partial charge in [0.2, 0.25) is 0 Å². The SMILES string of the molecule is COc1ccc(-c2nc3ccccc3[nH]2)cc1NC(=O)COc1ccccc1. The largest absolute Gasteiger partial charge is 0.495 e. The number of amides is 1. The highest BCUT2D eigenvalue weighted by Gasteiger charge is 2.12. The average molecular weight is 373 g/mol. The molecule has 0 aliphatic heterocycles. The van der Waals surface area contributed by atoms with Gasteiger partial charge in [0.1, 0.15) is 17.3 Å². The number of H-pyrrole nitrogens is 1. The van der Waals surface area contributed by atoms with Crippen LogP contribution >= 0.6 is 0 Å². The number of carbonyl (C=O) groups excluding carboxylic acids is 1. The van der Waals surface area contributed by atoms with Crippen molar-refractivity contribution < 1.29 is 14.3 Å². The van der Waals surface area contributed by atoms with E-state index in [4.69, 9.17) is 9.47 Å². The number of para-hydroxylation sites is 3. The number of nitrogens with zero attached hydrogens (tertiary/aromatic N) is 1. The normalized spacial score (nSPS) is 10.6. The number of fused-ring (bicyclic) bond motifs is 1. The highest BCUT2D eigenvalue weighted by atomic mass is 16.5. The van der Waals surface area contributed by atoms with E-state index >= 15 is 0 Å². The predicted octanol–water partition coefficient (Wildman–Crippen LogP) is 4.26. The van der Waals surface area contributed by atoms with Gasteiger partial charge in [0.15, 0.2) is 6.61 Å². The van der Waals surface area contributed by atoms with Crippen LogP contribution in [0.5, 0.6) is 11.5 Å². The minimum absolute atomic E-state index is 0.0952. The second-order valence-corrected chi connectivity index (χ2v) is 6.17. The van der Waals surface area contributed by atoms with Crippen molar-refractivity contribution in [3.63, 3.8) is 0 Å². The molecule has 1 aromatic heterocycles. The second-order valence-electron chi connectivity index (χ2n) is 6.17. The van der Waals surface area contributed by atoms with Gasteiger partial charge in [-0.05, 0) is 42.5 Å². The van der Waals surface area contributed by atoms with E-state index < -0.39 is 0 Å². The van der Waals surface area contributed by atoms with Crippen molar-refractivity contribution in [2.24, 2.45) is 0 Å². The minimum atomic E-state index is -0.274. The molecular formula is C22H19N3O3. The third kappa shape index (κ3) is 3.81. The van der Waals surface area contributed by atoms with Crippen molar-refractivity contribution in [3.05, 3.63) is 72.8 Å². The van der Waals surface area contributed by atoms with Crippen LogP contribution in [-0.2, 0) is 4.79 Å². The molecule has 140 valence electrons. The molecule has 4 rings (SSSR count). The van der Waals surface area contributed by atoms with Gasteiger partial charge in [0, 0.05) is 5.56 Å². The van der Waals surface area contributed by atoms with Crippen molar-refractivity contribution in [2.45, 2.75) is 0 Å². The Morgan fingerprint density at radius 2 is 1.82 bits per heavy atom. The summed E-state index contributed by atoms with van der Waals surface area (Å²) < 4.78 is 10.9. The summed E-state index contributed by atoms with van der Waals surface area (Å²) in [5, 5.41) is 2.85. The minimum Gasteiger partial charge on any atom is -0.495 e. The molecule has 4 aromatic rings. The van der Waals surface area contributed by atoms with Crippen LogP contribution in [0.25, 0.3) is 22.4 Å². The maximum atomic E-state index is 12.3. The molecule has 0 fully saturated rings. The molecular weight excluding hydrogens is 354 g/mol. The Labute approximate surface area is 162 Å². The third-order valence-electron chi connectivity index (χ3n) is 4.25. The van der Waals surface area contributed by atoms with Crippen molar-refractivity contribution in [1.29, 1.82) is 0 Å². The Balaban J connectivity index is 1.54. The van der Waals surface area contributed by atoms with Gasteiger partial charge >= 0.3 is 0 Å². The first kappa shape index (κ1) is 17.6. The molecule has 0 spiro atoms. The maximum Gasteiger partial charge on any atom is 0.262 e. The van der Waals surface area contributed by atoms with Crippen molar-refractivity contribution in [3.8, 4) is 22.9 Å². The second kappa shape index (κ2) is 7.84. The lowest BCUT2D eigenvalue weighted by atomic mass is 10.1. The molecule has 1 amide bonds. The van der Waals surface area contributed by atoms with E-state index in [-0.39, 0.29) is 12.5 Å². The van der Waals surface area contributed by atoms with E-state index in [2.05, 4.69) is 15.3 Å². The molecule has 6 nitrogen and oxygen atoms in total. The highest BCUT2D eigenvalue weighted by molar-refractivity contribution is 5.94. The van der Waals surface area contributed by atoms with Gasteiger partial charge in [-0.1, -0.05) is 30.3 Å². The van der Waals surface area contributed by atoms with Crippen LogP contribution in [0.15, 0.2) is 72.8 Å². The van der Waals surface area contributed by atoms with Crippen LogP contribution in [0.2, 0.25) is 0 Å². The van der Waals surface area contributed by atoms with Gasteiger partial charge in [-0.3, -0.25) is 4.79 Å². The van der Waals surface area contributed by atoms with E-state index in [0.717, 1.165) is 22.4 Å². The number of anilines is 1. The van der Waals surface area contributed by atoms with E-state index in [0.29, 0.717) is 17.2 Å². The summed E-state index contributed by atoms with van der Waals surface area (Å²) in [6.45, 7) is -0.0952. The first-order chi connectivity index (χ1) is 13.7. The number of aromatic nitrogens is 2. The molecule has 28 heavy (non-hydrogen) atoms. The third-order valence-corrected chi connectivity index (χ3v) is 4.25.